The van der Waals surface area contributed by atoms with Crippen LogP contribution < -0.4 is 16.0 Å². The monoisotopic (exact) mass is 292 g/mol. The lowest BCUT2D eigenvalue weighted by atomic mass is 9.95. The molecule has 0 aromatic carbocycles. The largest absolute Gasteiger partial charge is 0.396 e. The Morgan fingerprint density at radius 3 is 2.80 bits per heavy atom. The molecule has 0 radical (unpaired) electrons. The predicted molar refractivity (Wildman–Crippen MR) is 82.0 cm³/mol. The van der Waals surface area contributed by atoms with Crippen molar-refractivity contribution in [3.63, 3.8) is 0 Å². The zero-order chi connectivity index (χ0) is 14.9. The van der Waals surface area contributed by atoms with Crippen LogP contribution in [0.3, 0.4) is 0 Å². The first-order chi connectivity index (χ1) is 9.49. The summed E-state index contributed by atoms with van der Waals surface area (Å²) in [6.07, 6.45) is 1.12. The second kappa shape index (κ2) is 5.71. The minimum Gasteiger partial charge on any atom is -0.396 e. The summed E-state index contributed by atoms with van der Waals surface area (Å²) in [6, 6.07) is 2.15. The van der Waals surface area contributed by atoms with Crippen LogP contribution in [-0.2, 0) is 0 Å². The zero-order valence-corrected chi connectivity index (χ0v) is 12.9. The van der Waals surface area contributed by atoms with E-state index >= 15 is 0 Å². The van der Waals surface area contributed by atoms with Crippen LogP contribution in [0.5, 0.6) is 0 Å². The van der Waals surface area contributed by atoms with Gasteiger partial charge in [0.1, 0.15) is 21.5 Å². The van der Waals surface area contributed by atoms with Crippen LogP contribution in [0.1, 0.15) is 35.5 Å². The van der Waals surface area contributed by atoms with Gasteiger partial charge in [0.05, 0.1) is 5.69 Å². The fraction of sp³-hybridized carbons (Fsp3) is 0.571. The lowest BCUT2D eigenvalue weighted by Gasteiger charge is -2.18. The Kier molecular flexibility index (Phi) is 4.19. The van der Waals surface area contributed by atoms with Crippen molar-refractivity contribution in [3.8, 4) is 6.07 Å². The highest BCUT2D eigenvalue weighted by Gasteiger charge is 2.30. The van der Waals surface area contributed by atoms with Crippen LogP contribution >= 0.6 is 11.3 Å². The van der Waals surface area contributed by atoms with Crippen molar-refractivity contribution in [2.24, 2.45) is 11.8 Å². The second-order valence-corrected chi connectivity index (χ2v) is 6.45. The van der Waals surface area contributed by atoms with Crippen molar-refractivity contribution in [1.29, 1.82) is 5.26 Å². The van der Waals surface area contributed by atoms with E-state index in [4.69, 9.17) is 5.73 Å². The number of hydrogen-bond acceptors (Lipinski definition) is 5. The molecule has 1 aliphatic rings. The van der Waals surface area contributed by atoms with E-state index in [-0.39, 0.29) is 5.91 Å². The number of anilines is 2. The van der Waals surface area contributed by atoms with E-state index in [1.54, 1.807) is 7.05 Å². The smallest absolute Gasteiger partial charge is 0.263 e. The molecule has 1 aliphatic heterocycles. The Morgan fingerprint density at radius 2 is 2.30 bits per heavy atom. The molecule has 1 unspecified atom stereocenters. The van der Waals surface area contributed by atoms with Gasteiger partial charge in [0.15, 0.2) is 0 Å². The number of thiophene rings is 1. The molecular weight excluding hydrogens is 272 g/mol. The molecule has 0 aliphatic carbocycles. The lowest BCUT2D eigenvalue weighted by molar-refractivity contribution is 0.0968. The molecule has 108 valence electrons. The molecule has 20 heavy (non-hydrogen) atoms. The average molecular weight is 292 g/mol. The molecule has 1 fully saturated rings. The van der Waals surface area contributed by atoms with Crippen molar-refractivity contribution in [2.45, 2.75) is 20.3 Å². The molecule has 1 atom stereocenters. The van der Waals surface area contributed by atoms with Crippen molar-refractivity contribution < 1.29 is 4.79 Å². The maximum Gasteiger partial charge on any atom is 0.263 e. The predicted octanol–water partition coefficient (Wildman–Crippen LogP) is 2.04. The molecular formula is C14H20N4OS. The Balaban J connectivity index is 2.34. The molecule has 1 amide bonds. The maximum atomic E-state index is 11.8. The van der Waals surface area contributed by atoms with Gasteiger partial charge in [-0.3, -0.25) is 4.79 Å². The van der Waals surface area contributed by atoms with E-state index in [0.29, 0.717) is 28.0 Å². The highest BCUT2D eigenvalue weighted by Crippen LogP contribution is 2.40. The van der Waals surface area contributed by atoms with Gasteiger partial charge in [-0.1, -0.05) is 13.8 Å². The number of carbonyl (C=O) groups is 1. The van der Waals surface area contributed by atoms with Gasteiger partial charge in [-0.2, -0.15) is 5.26 Å². The molecule has 0 bridgehead atoms. The summed E-state index contributed by atoms with van der Waals surface area (Å²) in [5.74, 6) is 1.03. The van der Waals surface area contributed by atoms with Gasteiger partial charge in [0, 0.05) is 20.1 Å². The van der Waals surface area contributed by atoms with Gasteiger partial charge in [0.2, 0.25) is 0 Å². The van der Waals surface area contributed by atoms with Gasteiger partial charge in [-0.05, 0) is 18.3 Å². The third kappa shape index (κ3) is 2.46. The molecule has 1 aromatic heterocycles. The Morgan fingerprint density at radius 1 is 1.60 bits per heavy atom. The fourth-order valence-corrected chi connectivity index (χ4v) is 3.71. The number of nitriles is 1. The first-order valence-corrected chi connectivity index (χ1v) is 7.60. The van der Waals surface area contributed by atoms with Crippen LogP contribution in [-0.4, -0.2) is 26.0 Å². The van der Waals surface area contributed by atoms with Gasteiger partial charge >= 0.3 is 0 Å². The molecule has 2 heterocycles. The van der Waals surface area contributed by atoms with Gasteiger partial charge < -0.3 is 16.0 Å². The van der Waals surface area contributed by atoms with Crippen LogP contribution in [0.15, 0.2) is 0 Å². The summed E-state index contributed by atoms with van der Waals surface area (Å²) >= 11 is 1.32. The van der Waals surface area contributed by atoms with E-state index in [9.17, 15) is 10.1 Å². The molecule has 5 nitrogen and oxygen atoms in total. The number of nitrogen functional groups attached to an aromatic ring is 1. The first-order valence-electron chi connectivity index (χ1n) is 6.79. The average Bonchev–Trinajstić information content (AvgIpc) is 3.02. The highest BCUT2D eigenvalue weighted by atomic mass is 32.1. The summed E-state index contributed by atoms with van der Waals surface area (Å²) in [5.41, 5.74) is 6.70. The SMILES string of the molecule is CNC(=O)c1sc(N2CCC(C(C)C)C2)c(C#N)c1N. The van der Waals surface area contributed by atoms with Gasteiger partial charge in [0.25, 0.3) is 5.91 Å². The first kappa shape index (κ1) is 14.7. The number of nitrogens with one attached hydrogen (secondary N) is 1. The number of amides is 1. The third-order valence-corrected chi connectivity index (χ3v) is 5.19. The summed E-state index contributed by atoms with van der Waals surface area (Å²) in [6.45, 7) is 6.29. The second-order valence-electron chi connectivity index (χ2n) is 5.45. The van der Waals surface area contributed by atoms with Crippen molar-refractivity contribution in [2.75, 3.05) is 30.8 Å². The van der Waals surface area contributed by atoms with E-state index in [2.05, 4.69) is 30.1 Å². The molecule has 0 saturated carbocycles. The number of nitrogens with zero attached hydrogens (tertiary/aromatic N) is 2. The quantitative estimate of drug-likeness (QED) is 0.893. The molecule has 2 rings (SSSR count). The molecule has 6 heteroatoms. The van der Waals surface area contributed by atoms with E-state index in [1.807, 2.05) is 0 Å². The van der Waals surface area contributed by atoms with Crippen LogP contribution in [0.25, 0.3) is 0 Å². The fourth-order valence-electron chi connectivity index (χ4n) is 2.56. The summed E-state index contributed by atoms with van der Waals surface area (Å²) < 4.78 is 0. The number of nitrogens with two attached hydrogens (primary N) is 1. The van der Waals surface area contributed by atoms with Crippen LogP contribution in [0, 0.1) is 23.2 Å². The minimum atomic E-state index is -0.227. The Hall–Kier alpha value is -1.74. The van der Waals surface area contributed by atoms with Crippen molar-refractivity contribution >= 4 is 27.9 Å². The van der Waals surface area contributed by atoms with Crippen LogP contribution in [0.2, 0.25) is 0 Å². The number of carbonyl (C=O) groups excluding carboxylic acids is 1. The normalized spacial score (nSPS) is 18.4. The van der Waals surface area contributed by atoms with E-state index in [1.165, 1.54) is 11.3 Å². The zero-order valence-electron chi connectivity index (χ0n) is 12.1. The van der Waals surface area contributed by atoms with E-state index < -0.39 is 0 Å². The topological polar surface area (TPSA) is 82.2 Å². The Bertz CT molecular complexity index is 558. The van der Waals surface area contributed by atoms with Gasteiger partial charge in [-0.15, -0.1) is 11.3 Å². The van der Waals surface area contributed by atoms with Crippen LogP contribution in [0.4, 0.5) is 10.7 Å². The van der Waals surface area contributed by atoms with Gasteiger partial charge in [-0.25, -0.2) is 0 Å². The molecule has 0 spiro atoms. The van der Waals surface area contributed by atoms with Crippen molar-refractivity contribution in [3.05, 3.63) is 10.4 Å². The summed E-state index contributed by atoms with van der Waals surface area (Å²) in [7, 11) is 1.57. The molecule has 3 N–H and O–H groups in total. The number of rotatable bonds is 3. The van der Waals surface area contributed by atoms with Crippen molar-refractivity contribution in [1.82, 2.24) is 5.32 Å². The standard InChI is InChI=1S/C14H20N4OS/c1-8(2)9-4-5-18(7-9)14-10(6-15)11(16)12(20-14)13(19)17-3/h8-9H,4-5,7,16H2,1-3H3,(H,17,19). The van der Waals surface area contributed by atoms with E-state index in [0.717, 1.165) is 24.5 Å². The third-order valence-electron chi connectivity index (χ3n) is 3.93. The Labute approximate surface area is 123 Å². The lowest BCUT2D eigenvalue weighted by Crippen LogP contribution is -2.21. The highest BCUT2D eigenvalue weighted by molar-refractivity contribution is 7.19. The summed E-state index contributed by atoms with van der Waals surface area (Å²) in [5, 5.41) is 12.7. The maximum absolute atomic E-state index is 11.8. The molecule has 1 aromatic rings. The molecule has 1 saturated heterocycles. The minimum absolute atomic E-state index is 0.227. The summed E-state index contributed by atoms with van der Waals surface area (Å²) in [4.78, 5) is 14.4. The number of hydrogen-bond donors (Lipinski definition) is 2.